The van der Waals surface area contributed by atoms with Crippen molar-refractivity contribution in [2.24, 2.45) is 0 Å². The molecule has 1 amide bonds. The first-order chi connectivity index (χ1) is 7.76. The molecule has 0 heterocycles. The lowest BCUT2D eigenvalue weighted by atomic mass is 9.80. The monoisotopic (exact) mass is 219 g/mol. The molecule has 0 saturated heterocycles. The summed E-state index contributed by atoms with van der Waals surface area (Å²) in [5, 5.41) is 2.93. The van der Waals surface area contributed by atoms with Gasteiger partial charge in [0.25, 0.3) is 5.91 Å². The summed E-state index contributed by atoms with van der Waals surface area (Å²) < 4.78 is 5.45. The maximum atomic E-state index is 11.8. The lowest BCUT2D eigenvalue weighted by Gasteiger charge is -2.40. The minimum atomic E-state index is -0.107. The molecule has 3 heteroatoms. The SMILES string of the molecule is COC1(CNC(=O)c2ccccc2)CCC1. The Morgan fingerprint density at radius 1 is 1.38 bits per heavy atom. The fourth-order valence-corrected chi connectivity index (χ4v) is 1.96. The molecule has 1 aromatic carbocycles. The Hall–Kier alpha value is -1.35. The van der Waals surface area contributed by atoms with E-state index in [4.69, 9.17) is 4.74 Å². The number of amides is 1. The molecule has 0 bridgehead atoms. The molecule has 16 heavy (non-hydrogen) atoms. The molecule has 0 aliphatic heterocycles. The number of rotatable bonds is 4. The zero-order valence-electron chi connectivity index (χ0n) is 9.53. The van der Waals surface area contributed by atoms with Crippen molar-refractivity contribution < 1.29 is 9.53 Å². The molecule has 3 nitrogen and oxygen atoms in total. The highest BCUT2D eigenvalue weighted by Crippen LogP contribution is 2.34. The Kier molecular flexibility index (Phi) is 3.25. The van der Waals surface area contributed by atoms with E-state index in [1.54, 1.807) is 7.11 Å². The number of ether oxygens (including phenoxy) is 1. The summed E-state index contributed by atoms with van der Waals surface area (Å²) >= 11 is 0. The van der Waals surface area contributed by atoms with Crippen molar-refractivity contribution in [1.29, 1.82) is 0 Å². The molecule has 0 spiro atoms. The van der Waals surface area contributed by atoms with Crippen LogP contribution in [0.4, 0.5) is 0 Å². The van der Waals surface area contributed by atoms with Gasteiger partial charge in [-0.1, -0.05) is 18.2 Å². The van der Waals surface area contributed by atoms with Crippen molar-refractivity contribution in [3.05, 3.63) is 35.9 Å². The molecule has 1 fully saturated rings. The van der Waals surface area contributed by atoms with Crippen LogP contribution in [-0.2, 0) is 4.74 Å². The second kappa shape index (κ2) is 4.66. The first-order valence-electron chi connectivity index (χ1n) is 5.64. The van der Waals surface area contributed by atoms with Crippen molar-refractivity contribution in [2.75, 3.05) is 13.7 Å². The quantitative estimate of drug-likeness (QED) is 0.841. The second-order valence-corrected chi connectivity index (χ2v) is 4.29. The lowest BCUT2D eigenvalue weighted by Crippen LogP contribution is -2.49. The second-order valence-electron chi connectivity index (χ2n) is 4.29. The summed E-state index contributed by atoms with van der Waals surface area (Å²) in [4.78, 5) is 11.8. The lowest BCUT2D eigenvalue weighted by molar-refractivity contribution is -0.0679. The Balaban J connectivity index is 1.89. The third-order valence-corrected chi connectivity index (χ3v) is 3.30. The van der Waals surface area contributed by atoms with Crippen molar-refractivity contribution in [1.82, 2.24) is 5.32 Å². The van der Waals surface area contributed by atoms with Gasteiger partial charge in [0.05, 0.1) is 5.60 Å². The fourth-order valence-electron chi connectivity index (χ4n) is 1.96. The highest BCUT2D eigenvalue weighted by Gasteiger charge is 2.37. The Morgan fingerprint density at radius 3 is 2.56 bits per heavy atom. The van der Waals surface area contributed by atoms with Crippen molar-refractivity contribution in [3.8, 4) is 0 Å². The van der Waals surface area contributed by atoms with Crippen molar-refractivity contribution in [2.45, 2.75) is 24.9 Å². The van der Waals surface area contributed by atoms with Gasteiger partial charge in [0.15, 0.2) is 0 Å². The molecule has 1 aliphatic carbocycles. The number of nitrogens with one attached hydrogen (secondary N) is 1. The highest BCUT2D eigenvalue weighted by atomic mass is 16.5. The van der Waals surface area contributed by atoms with Gasteiger partial charge in [0.2, 0.25) is 0 Å². The van der Waals surface area contributed by atoms with Crippen LogP contribution in [0.15, 0.2) is 30.3 Å². The number of benzene rings is 1. The van der Waals surface area contributed by atoms with Crippen LogP contribution in [0.2, 0.25) is 0 Å². The van der Waals surface area contributed by atoms with Gasteiger partial charge in [-0.3, -0.25) is 4.79 Å². The minimum Gasteiger partial charge on any atom is -0.376 e. The maximum absolute atomic E-state index is 11.8. The van der Waals surface area contributed by atoms with Gasteiger partial charge in [-0.25, -0.2) is 0 Å². The van der Waals surface area contributed by atoms with E-state index in [-0.39, 0.29) is 11.5 Å². The zero-order chi connectivity index (χ0) is 11.4. The predicted octanol–water partition coefficient (Wildman–Crippen LogP) is 1.99. The summed E-state index contributed by atoms with van der Waals surface area (Å²) in [6.45, 7) is 0.608. The summed E-state index contributed by atoms with van der Waals surface area (Å²) in [5.74, 6) is -0.0241. The van der Waals surface area contributed by atoms with Gasteiger partial charge in [-0.15, -0.1) is 0 Å². The molecular formula is C13H17NO2. The van der Waals surface area contributed by atoms with E-state index < -0.39 is 0 Å². The fraction of sp³-hybridized carbons (Fsp3) is 0.462. The number of carbonyl (C=O) groups is 1. The van der Waals surface area contributed by atoms with Crippen LogP contribution in [0.1, 0.15) is 29.6 Å². The van der Waals surface area contributed by atoms with Gasteiger partial charge >= 0.3 is 0 Å². The highest BCUT2D eigenvalue weighted by molar-refractivity contribution is 5.94. The summed E-state index contributed by atoms with van der Waals surface area (Å²) in [5.41, 5.74) is 0.595. The van der Waals surface area contributed by atoms with Crippen molar-refractivity contribution in [3.63, 3.8) is 0 Å². The van der Waals surface area contributed by atoms with E-state index >= 15 is 0 Å². The normalized spacial score (nSPS) is 17.6. The van der Waals surface area contributed by atoms with Gasteiger partial charge in [-0.05, 0) is 31.4 Å². The van der Waals surface area contributed by atoms with Gasteiger partial charge in [-0.2, -0.15) is 0 Å². The summed E-state index contributed by atoms with van der Waals surface area (Å²) in [6, 6.07) is 9.26. The Bertz CT molecular complexity index is 352. The Labute approximate surface area is 95.8 Å². The molecule has 2 rings (SSSR count). The van der Waals surface area contributed by atoms with E-state index in [2.05, 4.69) is 5.32 Å². The number of methoxy groups -OCH3 is 1. The van der Waals surface area contributed by atoms with E-state index in [1.807, 2.05) is 30.3 Å². The third kappa shape index (κ3) is 2.25. The summed E-state index contributed by atoms with van der Waals surface area (Å²) in [6.07, 6.45) is 3.27. The van der Waals surface area contributed by atoms with Gasteiger partial charge in [0.1, 0.15) is 0 Å². The maximum Gasteiger partial charge on any atom is 0.251 e. The van der Waals surface area contributed by atoms with Crippen LogP contribution in [-0.4, -0.2) is 25.2 Å². The van der Waals surface area contributed by atoms with Crippen molar-refractivity contribution >= 4 is 5.91 Å². The number of hydrogen-bond donors (Lipinski definition) is 1. The van der Waals surface area contributed by atoms with Crippen LogP contribution < -0.4 is 5.32 Å². The zero-order valence-corrected chi connectivity index (χ0v) is 9.53. The average molecular weight is 219 g/mol. The molecule has 1 N–H and O–H groups in total. The smallest absolute Gasteiger partial charge is 0.251 e. The number of hydrogen-bond acceptors (Lipinski definition) is 2. The minimum absolute atomic E-state index is 0.0241. The van der Waals surface area contributed by atoms with E-state index in [1.165, 1.54) is 6.42 Å². The van der Waals surface area contributed by atoms with Crippen LogP contribution in [0.3, 0.4) is 0 Å². The standard InChI is InChI=1S/C13H17NO2/c1-16-13(8-5-9-13)10-14-12(15)11-6-3-2-4-7-11/h2-4,6-7H,5,8-10H2,1H3,(H,14,15). The molecular weight excluding hydrogens is 202 g/mol. The van der Waals surface area contributed by atoms with Crippen LogP contribution in [0.25, 0.3) is 0 Å². The molecule has 1 aliphatic rings. The molecule has 0 atom stereocenters. The van der Waals surface area contributed by atoms with E-state index in [0.717, 1.165) is 12.8 Å². The predicted molar refractivity (Wildman–Crippen MR) is 62.4 cm³/mol. The largest absolute Gasteiger partial charge is 0.376 e. The third-order valence-electron chi connectivity index (χ3n) is 3.30. The van der Waals surface area contributed by atoms with Gasteiger partial charge < -0.3 is 10.1 Å². The van der Waals surface area contributed by atoms with Crippen LogP contribution in [0, 0.1) is 0 Å². The van der Waals surface area contributed by atoms with Crippen LogP contribution in [0.5, 0.6) is 0 Å². The van der Waals surface area contributed by atoms with Crippen LogP contribution >= 0.6 is 0 Å². The molecule has 0 aromatic heterocycles. The number of carbonyl (C=O) groups excluding carboxylic acids is 1. The molecule has 0 unspecified atom stereocenters. The summed E-state index contributed by atoms with van der Waals surface area (Å²) in [7, 11) is 1.72. The first-order valence-corrected chi connectivity index (χ1v) is 5.64. The topological polar surface area (TPSA) is 38.3 Å². The van der Waals surface area contributed by atoms with E-state index in [0.29, 0.717) is 12.1 Å². The molecule has 1 aromatic rings. The molecule has 86 valence electrons. The Morgan fingerprint density at radius 2 is 2.06 bits per heavy atom. The van der Waals surface area contributed by atoms with Gasteiger partial charge in [0, 0.05) is 19.2 Å². The molecule has 1 saturated carbocycles. The average Bonchev–Trinajstić information content (AvgIpc) is 2.29. The first kappa shape index (κ1) is 11.1. The molecule has 0 radical (unpaired) electrons. The van der Waals surface area contributed by atoms with E-state index in [9.17, 15) is 4.79 Å².